The highest BCUT2D eigenvalue weighted by Gasteiger charge is 2.18. The van der Waals surface area contributed by atoms with Crippen molar-refractivity contribution >= 4 is 43.1 Å². The first-order valence-electron chi connectivity index (χ1n) is 16.4. The fourth-order valence-corrected chi connectivity index (χ4v) is 6.05. The smallest absolute Gasteiger partial charge is 0.0622 e. The highest BCUT2D eigenvalue weighted by Crippen LogP contribution is 2.46. The predicted molar refractivity (Wildman–Crippen MR) is 173 cm³/mol. The largest absolute Gasteiger partial charge is 0.0629 e. The van der Waals surface area contributed by atoms with Gasteiger partial charge in [-0.05, 0) is 82.5 Å². The first-order valence-corrected chi connectivity index (χ1v) is 13.4. The maximum Gasteiger partial charge on any atom is 0.0629 e. The molecule has 8 aromatic rings. The summed E-state index contributed by atoms with van der Waals surface area (Å²) in [6.07, 6.45) is 0. The number of benzene rings is 8. The molecular weight excluding hydrogens is 480 g/mol. The quantitative estimate of drug-likeness (QED) is 0.207. The minimum Gasteiger partial charge on any atom is -0.0622 e. The number of fused-ring (bicyclic) bond motifs is 4. The lowest BCUT2D eigenvalue weighted by molar-refractivity contribution is 1.65. The Labute approximate surface area is 242 Å². The van der Waals surface area contributed by atoms with E-state index in [1.807, 2.05) is 54.6 Å². The molecule has 0 heteroatoms. The third kappa shape index (κ3) is 3.54. The molecule has 0 aliphatic rings. The third-order valence-electron chi connectivity index (χ3n) is 7.80. The molecule has 0 aliphatic heterocycles. The standard InChI is InChI=1S/C40H26/c1-2-13-28(14-3-1)39-35-16-6-8-18-37(35)40(38-19-9-7-17-36(38)39)34-23-11-21-32-31(20-10-22-33(32)34)30-25-24-27-12-4-5-15-29(27)26-30/h1-26H/i6D,8D,13D,14D,16D,18D. The van der Waals surface area contributed by atoms with E-state index >= 15 is 0 Å². The summed E-state index contributed by atoms with van der Waals surface area (Å²) in [5.41, 5.74) is 4.54. The van der Waals surface area contributed by atoms with E-state index in [1.165, 1.54) is 5.39 Å². The van der Waals surface area contributed by atoms with Crippen LogP contribution in [-0.4, -0.2) is 0 Å². The molecule has 0 spiro atoms. The highest BCUT2D eigenvalue weighted by atomic mass is 14.2. The summed E-state index contributed by atoms with van der Waals surface area (Å²) in [7, 11) is 0. The zero-order valence-corrected chi connectivity index (χ0v) is 21.5. The van der Waals surface area contributed by atoms with Crippen molar-refractivity contribution in [3.8, 4) is 33.4 Å². The van der Waals surface area contributed by atoms with Crippen LogP contribution in [0.1, 0.15) is 8.22 Å². The van der Waals surface area contributed by atoms with Crippen LogP contribution in [0.5, 0.6) is 0 Å². The van der Waals surface area contributed by atoms with Gasteiger partial charge in [0.25, 0.3) is 0 Å². The van der Waals surface area contributed by atoms with Crippen molar-refractivity contribution in [3.05, 3.63) is 158 Å². The molecule has 0 unspecified atom stereocenters. The van der Waals surface area contributed by atoms with Crippen molar-refractivity contribution < 1.29 is 8.22 Å². The number of rotatable bonds is 3. The van der Waals surface area contributed by atoms with Gasteiger partial charge in [-0.1, -0.05) is 152 Å². The summed E-state index contributed by atoms with van der Waals surface area (Å²) in [5.74, 6) is 0. The van der Waals surface area contributed by atoms with Gasteiger partial charge in [0.15, 0.2) is 0 Å². The van der Waals surface area contributed by atoms with E-state index in [4.69, 9.17) is 6.85 Å². The van der Waals surface area contributed by atoms with Gasteiger partial charge < -0.3 is 0 Å². The summed E-state index contributed by atoms with van der Waals surface area (Å²) in [6, 6.07) is 39.0. The number of hydrogen-bond donors (Lipinski definition) is 0. The van der Waals surface area contributed by atoms with Gasteiger partial charge in [-0.2, -0.15) is 0 Å². The Morgan fingerprint density at radius 3 is 1.73 bits per heavy atom. The summed E-state index contributed by atoms with van der Waals surface area (Å²) in [6.45, 7) is 0. The molecule has 186 valence electrons. The zero-order chi connectivity index (χ0) is 31.7. The van der Waals surface area contributed by atoms with Crippen molar-refractivity contribution in [3.63, 3.8) is 0 Å². The van der Waals surface area contributed by atoms with E-state index in [2.05, 4.69) is 48.5 Å². The molecule has 0 saturated heterocycles. The van der Waals surface area contributed by atoms with Crippen molar-refractivity contribution in [2.24, 2.45) is 0 Å². The molecule has 0 bridgehead atoms. The minimum absolute atomic E-state index is 0.129. The molecule has 0 amide bonds. The lowest BCUT2D eigenvalue weighted by atomic mass is 9.84. The third-order valence-corrected chi connectivity index (χ3v) is 7.80. The Kier molecular flexibility index (Phi) is 4.01. The van der Waals surface area contributed by atoms with Crippen molar-refractivity contribution in [1.29, 1.82) is 0 Å². The van der Waals surface area contributed by atoms with Crippen molar-refractivity contribution in [2.45, 2.75) is 0 Å². The SMILES string of the molecule is [2H]c1cccc([2H])c1-c1c2ccccc2c(-c2cccc3c(-c4ccc5ccccc5c4)cccc23)c2c([2H])c([2H])c([2H])c([2H])c12. The summed E-state index contributed by atoms with van der Waals surface area (Å²) in [4.78, 5) is 0. The molecule has 0 aromatic heterocycles. The van der Waals surface area contributed by atoms with E-state index < -0.39 is 0 Å². The fraction of sp³-hybridized carbons (Fsp3) is 0. The second kappa shape index (κ2) is 9.22. The highest BCUT2D eigenvalue weighted by molar-refractivity contribution is 6.24. The van der Waals surface area contributed by atoms with E-state index in [1.54, 1.807) is 18.2 Å². The maximum atomic E-state index is 9.23. The van der Waals surface area contributed by atoms with Gasteiger partial charge in [0, 0.05) is 0 Å². The van der Waals surface area contributed by atoms with Gasteiger partial charge in [0.1, 0.15) is 0 Å². The normalized spacial score (nSPS) is 13.6. The van der Waals surface area contributed by atoms with Crippen LogP contribution in [0.4, 0.5) is 0 Å². The second-order valence-electron chi connectivity index (χ2n) is 10.0. The molecule has 8 aromatic carbocycles. The Morgan fingerprint density at radius 1 is 0.350 bits per heavy atom. The Balaban J connectivity index is 1.54. The van der Waals surface area contributed by atoms with E-state index in [-0.39, 0.29) is 36.3 Å². The van der Waals surface area contributed by atoms with Crippen LogP contribution in [0.15, 0.2) is 158 Å². The second-order valence-corrected chi connectivity index (χ2v) is 10.0. The van der Waals surface area contributed by atoms with Crippen molar-refractivity contribution in [1.82, 2.24) is 0 Å². The van der Waals surface area contributed by atoms with Crippen LogP contribution in [-0.2, 0) is 0 Å². The van der Waals surface area contributed by atoms with Gasteiger partial charge in [-0.25, -0.2) is 0 Å². The van der Waals surface area contributed by atoms with Gasteiger partial charge in [-0.15, -0.1) is 0 Å². The molecule has 0 nitrogen and oxygen atoms in total. The fourth-order valence-electron chi connectivity index (χ4n) is 6.05. The van der Waals surface area contributed by atoms with Crippen LogP contribution in [0, 0.1) is 0 Å². The van der Waals surface area contributed by atoms with Crippen LogP contribution >= 0.6 is 0 Å². The summed E-state index contributed by atoms with van der Waals surface area (Å²) >= 11 is 0. The molecule has 40 heavy (non-hydrogen) atoms. The minimum atomic E-state index is -0.342. The summed E-state index contributed by atoms with van der Waals surface area (Å²) < 4.78 is 53.3. The van der Waals surface area contributed by atoms with Crippen LogP contribution in [0.2, 0.25) is 0 Å². The first-order chi connectivity index (χ1) is 22.3. The zero-order valence-electron chi connectivity index (χ0n) is 27.5. The Morgan fingerprint density at radius 2 is 0.950 bits per heavy atom. The lowest BCUT2D eigenvalue weighted by Crippen LogP contribution is -1.92. The lowest BCUT2D eigenvalue weighted by Gasteiger charge is -2.19. The Bertz CT molecular complexity index is 2530. The van der Waals surface area contributed by atoms with E-state index in [9.17, 15) is 1.37 Å². The van der Waals surface area contributed by atoms with Gasteiger partial charge in [0.2, 0.25) is 0 Å². The van der Waals surface area contributed by atoms with Gasteiger partial charge >= 0.3 is 0 Å². The van der Waals surface area contributed by atoms with E-state index in [0.29, 0.717) is 27.5 Å². The molecule has 0 heterocycles. The van der Waals surface area contributed by atoms with E-state index in [0.717, 1.165) is 43.6 Å². The topological polar surface area (TPSA) is 0 Å². The van der Waals surface area contributed by atoms with Crippen LogP contribution in [0.3, 0.4) is 0 Å². The molecular formula is C40H26. The Hall–Kier alpha value is -5.20. The summed E-state index contributed by atoms with van der Waals surface area (Å²) in [5, 5.41) is 6.53. The average molecular weight is 513 g/mol. The van der Waals surface area contributed by atoms with Gasteiger partial charge in [0.05, 0.1) is 8.22 Å². The molecule has 0 N–H and O–H groups in total. The molecule has 8 rings (SSSR count). The van der Waals surface area contributed by atoms with Crippen LogP contribution < -0.4 is 0 Å². The number of hydrogen-bond acceptors (Lipinski definition) is 0. The molecule has 0 saturated carbocycles. The molecule has 0 fully saturated rings. The average Bonchev–Trinajstić information content (AvgIpc) is 3.08. The molecule has 0 atom stereocenters. The maximum absolute atomic E-state index is 9.23. The first kappa shape index (κ1) is 17.4. The predicted octanol–water partition coefficient (Wildman–Crippen LogP) is 11.3. The monoisotopic (exact) mass is 512 g/mol. The molecule has 0 radical (unpaired) electrons. The van der Waals surface area contributed by atoms with Gasteiger partial charge in [-0.3, -0.25) is 0 Å². The van der Waals surface area contributed by atoms with Crippen molar-refractivity contribution in [2.75, 3.05) is 0 Å². The van der Waals surface area contributed by atoms with Crippen LogP contribution in [0.25, 0.3) is 76.5 Å². The molecule has 0 aliphatic carbocycles.